The summed E-state index contributed by atoms with van der Waals surface area (Å²) < 4.78 is 12.8. The Morgan fingerprint density at radius 1 is 1.03 bits per heavy atom. The van der Waals surface area contributed by atoms with E-state index in [0.29, 0.717) is 39.6 Å². The smallest absolute Gasteiger partial charge is 0.295 e. The highest BCUT2D eigenvalue weighted by atomic mass is 79.9. The number of fused-ring (bicyclic) bond motifs is 2. The Hall–Kier alpha value is -3.09. The molecule has 1 amide bonds. The Bertz CT molecular complexity index is 1480. The zero-order valence-corrected chi connectivity index (χ0v) is 21.4. The van der Waals surface area contributed by atoms with E-state index in [9.17, 15) is 9.59 Å². The van der Waals surface area contributed by atoms with Crippen LogP contribution >= 0.6 is 27.5 Å². The molecule has 1 aromatic heterocycles. The zero-order chi connectivity index (χ0) is 24.5. The fourth-order valence-corrected chi connectivity index (χ4v) is 5.01. The van der Waals surface area contributed by atoms with Gasteiger partial charge in [0, 0.05) is 15.2 Å². The van der Waals surface area contributed by atoms with E-state index >= 15 is 0 Å². The van der Waals surface area contributed by atoms with E-state index < -0.39 is 6.04 Å². The van der Waals surface area contributed by atoms with Crippen molar-refractivity contribution in [1.29, 1.82) is 0 Å². The molecule has 0 saturated heterocycles. The number of hydrogen-bond donors (Lipinski definition) is 0. The fraction of sp³-hybridized carbons (Fsp3) is 0.214. The maximum atomic E-state index is 13.8. The summed E-state index contributed by atoms with van der Waals surface area (Å²) in [4.78, 5) is 29.0. The van der Waals surface area contributed by atoms with Gasteiger partial charge in [0.2, 0.25) is 5.76 Å². The topological polar surface area (TPSA) is 59.8 Å². The van der Waals surface area contributed by atoms with Crippen LogP contribution in [0, 0.1) is 0 Å². The predicted molar refractivity (Wildman–Crippen MR) is 142 cm³/mol. The number of amides is 1. The molecule has 0 spiro atoms. The van der Waals surface area contributed by atoms with Gasteiger partial charge in [0.1, 0.15) is 11.3 Å². The third-order valence-electron chi connectivity index (χ3n) is 6.11. The van der Waals surface area contributed by atoms with Crippen molar-refractivity contribution in [2.75, 3.05) is 11.5 Å². The minimum atomic E-state index is -0.685. The van der Waals surface area contributed by atoms with Crippen molar-refractivity contribution in [2.24, 2.45) is 0 Å². The van der Waals surface area contributed by atoms with Gasteiger partial charge in [-0.25, -0.2) is 0 Å². The molecular weight excluding hydrogens is 530 g/mol. The van der Waals surface area contributed by atoms with Crippen molar-refractivity contribution in [1.82, 2.24) is 0 Å². The van der Waals surface area contributed by atoms with Gasteiger partial charge < -0.3 is 9.15 Å². The average Bonchev–Trinajstić information content (AvgIpc) is 3.15. The van der Waals surface area contributed by atoms with Crippen LogP contribution in [-0.4, -0.2) is 12.5 Å². The summed E-state index contributed by atoms with van der Waals surface area (Å²) in [5, 5.41) is 0.905. The number of benzene rings is 3. The third-order valence-corrected chi connectivity index (χ3v) is 6.84. The molecule has 0 radical (unpaired) electrons. The molecule has 0 aliphatic carbocycles. The number of ether oxygens (including phenoxy) is 1. The van der Waals surface area contributed by atoms with Crippen LogP contribution in [0.2, 0.25) is 5.02 Å². The van der Waals surface area contributed by atoms with E-state index in [1.165, 1.54) is 0 Å². The molecule has 7 heteroatoms. The standard InChI is InChI=1S/C28H23BrClNO4/c1-2-3-4-13-34-21-10-5-7-17(14-21)25-24-26(32)22-15-18(29)11-12-23(22)35-27(24)28(33)31(25)20-9-6-8-19(30)16-20/h5-12,14-16,25H,2-4,13H2,1H3. The Morgan fingerprint density at radius 3 is 2.66 bits per heavy atom. The molecular formula is C28H23BrClNO4. The normalized spacial score (nSPS) is 15.0. The molecule has 178 valence electrons. The van der Waals surface area contributed by atoms with Crippen LogP contribution in [0.3, 0.4) is 0 Å². The Labute approximate surface area is 216 Å². The van der Waals surface area contributed by atoms with Gasteiger partial charge in [-0.1, -0.05) is 65.5 Å². The lowest BCUT2D eigenvalue weighted by Gasteiger charge is -2.25. The van der Waals surface area contributed by atoms with Crippen LogP contribution in [0.15, 0.2) is 80.4 Å². The molecule has 5 rings (SSSR count). The maximum absolute atomic E-state index is 13.8. The highest BCUT2D eigenvalue weighted by Gasteiger charge is 2.43. The lowest BCUT2D eigenvalue weighted by molar-refractivity contribution is 0.0971. The molecule has 2 heterocycles. The summed E-state index contributed by atoms with van der Waals surface area (Å²) in [5.74, 6) is 0.353. The minimum absolute atomic E-state index is 0.0454. The summed E-state index contributed by atoms with van der Waals surface area (Å²) in [6.45, 7) is 2.75. The van der Waals surface area contributed by atoms with Gasteiger partial charge >= 0.3 is 0 Å². The number of nitrogens with zero attached hydrogens (tertiary/aromatic N) is 1. The van der Waals surface area contributed by atoms with E-state index in [0.717, 1.165) is 29.3 Å². The summed E-state index contributed by atoms with van der Waals surface area (Å²) in [6, 6.07) is 19.1. The van der Waals surface area contributed by atoms with Gasteiger partial charge in [0.25, 0.3) is 5.91 Å². The second-order valence-electron chi connectivity index (χ2n) is 8.50. The van der Waals surface area contributed by atoms with Gasteiger partial charge in [-0.3, -0.25) is 14.5 Å². The molecule has 1 unspecified atom stereocenters. The van der Waals surface area contributed by atoms with Gasteiger partial charge in [0.05, 0.1) is 23.6 Å². The third kappa shape index (κ3) is 4.48. The molecule has 5 nitrogen and oxygen atoms in total. The molecule has 0 N–H and O–H groups in total. The van der Waals surface area contributed by atoms with Crippen LogP contribution in [-0.2, 0) is 0 Å². The minimum Gasteiger partial charge on any atom is -0.494 e. The van der Waals surface area contributed by atoms with Gasteiger partial charge in [0.15, 0.2) is 5.43 Å². The number of halogens is 2. The second-order valence-corrected chi connectivity index (χ2v) is 9.85. The highest BCUT2D eigenvalue weighted by Crippen LogP contribution is 2.42. The molecule has 0 saturated carbocycles. The van der Waals surface area contributed by atoms with Crippen molar-refractivity contribution in [3.05, 3.63) is 103 Å². The van der Waals surface area contributed by atoms with E-state index in [4.69, 9.17) is 20.8 Å². The van der Waals surface area contributed by atoms with Gasteiger partial charge in [-0.15, -0.1) is 0 Å². The number of unbranched alkanes of at least 4 members (excludes halogenated alkanes) is 2. The van der Waals surface area contributed by atoms with Crippen LogP contribution in [0.25, 0.3) is 11.0 Å². The first kappa shape index (κ1) is 23.6. The van der Waals surface area contributed by atoms with Crippen molar-refractivity contribution in [3.8, 4) is 5.75 Å². The quantitative estimate of drug-likeness (QED) is 0.222. The summed E-state index contributed by atoms with van der Waals surface area (Å²) in [6.07, 6.45) is 3.17. The van der Waals surface area contributed by atoms with Gasteiger partial charge in [-0.2, -0.15) is 0 Å². The zero-order valence-electron chi connectivity index (χ0n) is 19.1. The van der Waals surface area contributed by atoms with Crippen LogP contribution in [0.4, 0.5) is 5.69 Å². The lowest BCUT2D eigenvalue weighted by atomic mass is 9.98. The average molecular weight is 553 g/mol. The fourth-order valence-electron chi connectivity index (χ4n) is 4.47. The SMILES string of the molecule is CCCCCOc1cccc(C2c3c(oc4ccc(Br)cc4c3=O)C(=O)N2c2cccc(Cl)c2)c1. The first-order valence-electron chi connectivity index (χ1n) is 11.6. The number of carbonyl (C=O) groups excluding carboxylic acids is 1. The predicted octanol–water partition coefficient (Wildman–Crippen LogP) is 7.53. The molecule has 0 fully saturated rings. The van der Waals surface area contributed by atoms with Crippen LogP contribution < -0.4 is 15.1 Å². The van der Waals surface area contributed by atoms with Crippen molar-refractivity contribution < 1.29 is 13.9 Å². The van der Waals surface area contributed by atoms with Crippen LogP contribution in [0.5, 0.6) is 5.75 Å². The summed E-state index contributed by atoms with van der Waals surface area (Å²) >= 11 is 9.70. The Kier molecular flexibility index (Phi) is 6.67. The molecule has 1 aliphatic heterocycles. The number of hydrogen-bond acceptors (Lipinski definition) is 4. The lowest BCUT2D eigenvalue weighted by Crippen LogP contribution is -2.29. The number of rotatable bonds is 7. The molecule has 35 heavy (non-hydrogen) atoms. The van der Waals surface area contributed by atoms with Crippen molar-refractivity contribution >= 4 is 50.1 Å². The molecule has 0 bridgehead atoms. The summed E-state index contributed by atoms with van der Waals surface area (Å²) in [5.41, 5.74) is 1.78. The van der Waals surface area contributed by atoms with Crippen molar-refractivity contribution in [3.63, 3.8) is 0 Å². The number of anilines is 1. The van der Waals surface area contributed by atoms with E-state index in [-0.39, 0.29) is 17.1 Å². The van der Waals surface area contributed by atoms with Crippen LogP contribution in [0.1, 0.15) is 53.9 Å². The maximum Gasteiger partial charge on any atom is 0.295 e. The molecule has 3 aromatic carbocycles. The largest absolute Gasteiger partial charge is 0.494 e. The summed E-state index contributed by atoms with van der Waals surface area (Å²) in [7, 11) is 0. The highest BCUT2D eigenvalue weighted by molar-refractivity contribution is 9.10. The molecule has 1 aliphatic rings. The van der Waals surface area contributed by atoms with E-state index in [1.807, 2.05) is 24.3 Å². The molecule has 1 atom stereocenters. The van der Waals surface area contributed by atoms with E-state index in [2.05, 4.69) is 22.9 Å². The second kappa shape index (κ2) is 9.88. The number of carbonyl (C=O) groups is 1. The first-order valence-corrected chi connectivity index (χ1v) is 12.7. The Morgan fingerprint density at radius 2 is 1.86 bits per heavy atom. The first-order chi connectivity index (χ1) is 17.0. The molecule has 4 aromatic rings. The van der Waals surface area contributed by atoms with Gasteiger partial charge in [-0.05, 0) is 60.5 Å². The van der Waals surface area contributed by atoms with E-state index in [1.54, 1.807) is 47.4 Å². The Balaban J connectivity index is 1.68. The van der Waals surface area contributed by atoms with Crippen molar-refractivity contribution in [2.45, 2.75) is 32.2 Å². The monoisotopic (exact) mass is 551 g/mol.